The van der Waals surface area contributed by atoms with Gasteiger partial charge in [0.15, 0.2) is 0 Å². The number of nitrogens with one attached hydrogen (secondary N) is 2. The van der Waals surface area contributed by atoms with Gasteiger partial charge in [-0.1, -0.05) is 26.0 Å². The number of carbonyl (C=O) groups excluding carboxylic acids is 2. The van der Waals surface area contributed by atoms with Crippen molar-refractivity contribution in [2.45, 2.75) is 20.8 Å². The molecule has 2 aromatic rings. The Morgan fingerprint density at radius 3 is 2.28 bits per heavy atom. The second kappa shape index (κ2) is 11.7. The third-order valence-electron chi connectivity index (χ3n) is 3.81. The normalized spacial score (nSPS) is 10.5. The molecule has 0 heterocycles. The summed E-state index contributed by atoms with van der Waals surface area (Å²) in [4.78, 5) is 24.7. The van der Waals surface area contributed by atoms with Crippen LogP contribution in [0.25, 0.3) is 0 Å². The quantitative estimate of drug-likeness (QED) is 0.472. The van der Waals surface area contributed by atoms with Crippen LogP contribution in [0.1, 0.15) is 41.5 Å². The fourth-order valence-corrected chi connectivity index (χ4v) is 2.35. The maximum Gasteiger partial charge on any atom is 0.273 e. The van der Waals surface area contributed by atoms with E-state index in [0.717, 1.165) is 0 Å². The molecular weight excluding hydrogens is 372 g/mol. The molecule has 0 aliphatic carbocycles. The Labute approximate surface area is 171 Å². The average molecular weight is 400 g/mol. The minimum absolute atomic E-state index is 0.321. The average Bonchev–Trinajstić information content (AvgIpc) is 2.74. The molecule has 2 amide bonds. The zero-order chi connectivity index (χ0) is 21.1. The predicted molar refractivity (Wildman–Crippen MR) is 110 cm³/mol. The topological polar surface area (TPSA) is 85.9 Å². The number of para-hydroxylation sites is 1. The fraction of sp³-hybridized carbons (Fsp3) is 0.364. The van der Waals surface area contributed by atoms with Gasteiger partial charge in [0.05, 0.1) is 18.8 Å². The summed E-state index contributed by atoms with van der Waals surface area (Å²) in [6.07, 6.45) is 0. The SMILES string of the molecule is CCOCCOc1ccccc1C(=O)NNC(=O)c1ccc(OCC(C)C)cc1. The minimum Gasteiger partial charge on any atom is -0.493 e. The first-order valence-electron chi connectivity index (χ1n) is 9.64. The van der Waals surface area contributed by atoms with E-state index >= 15 is 0 Å². The Morgan fingerprint density at radius 2 is 1.59 bits per heavy atom. The molecule has 156 valence electrons. The molecule has 2 rings (SSSR count). The van der Waals surface area contributed by atoms with Gasteiger partial charge in [0, 0.05) is 12.2 Å². The Morgan fingerprint density at radius 1 is 0.897 bits per heavy atom. The van der Waals surface area contributed by atoms with Crippen LogP contribution in [0.5, 0.6) is 11.5 Å². The van der Waals surface area contributed by atoms with E-state index in [9.17, 15) is 9.59 Å². The summed E-state index contributed by atoms with van der Waals surface area (Å²) in [5.41, 5.74) is 5.55. The van der Waals surface area contributed by atoms with Gasteiger partial charge in [0.2, 0.25) is 0 Å². The molecule has 0 unspecified atom stereocenters. The van der Waals surface area contributed by atoms with Gasteiger partial charge in [-0.05, 0) is 49.2 Å². The highest BCUT2D eigenvalue weighted by molar-refractivity contribution is 6.00. The first-order valence-corrected chi connectivity index (χ1v) is 9.64. The van der Waals surface area contributed by atoms with Crippen LogP contribution in [0.3, 0.4) is 0 Å². The van der Waals surface area contributed by atoms with Gasteiger partial charge in [0.25, 0.3) is 11.8 Å². The van der Waals surface area contributed by atoms with E-state index in [1.54, 1.807) is 48.5 Å². The van der Waals surface area contributed by atoms with Gasteiger partial charge >= 0.3 is 0 Å². The number of hydrazine groups is 1. The molecule has 29 heavy (non-hydrogen) atoms. The van der Waals surface area contributed by atoms with E-state index in [-0.39, 0.29) is 0 Å². The van der Waals surface area contributed by atoms with E-state index in [1.165, 1.54) is 0 Å². The number of hydrogen-bond donors (Lipinski definition) is 2. The second-order valence-electron chi connectivity index (χ2n) is 6.68. The lowest BCUT2D eigenvalue weighted by atomic mass is 10.2. The van der Waals surface area contributed by atoms with Gasteiger partial charge in [-0.25, -0.2) is 0 Å². The zero-order valence-electron chi connectivity index (χ0n) is 17.1. The molecule has 0 aromatic heterocycles. The van der Waals surface area contributed by atoms with Crippen molar-refractivity contribution < 1.29 is 23.8 Å². The summed E-state index contributed by atoms with van der Waals surface area (Å²) in [6.45, 7) is 7.99. The summed E-state index contributed by atoms with van der Waals surface area (Å²) in [5.74, 6) is 0.632. The number of hydrogen-bond acceptors (Lipinski definition) is 5. The zero-order valence-corrected chi connectivity index (χ0v) is 17.1. The monoisotopic (exact) mass is 400 g/mol. The van der Waals surface area contributed by atoms with Crippen LogP contribution in [0.4, 0.5) is 0 Å². The van der Waals surface area contributed by atoms with Crippen molar-refractivity contribution in [1.29, 1.82) is 0 Å². The standard InChI is InChI=1S/C22H28N2O5/c1-4-27-13-14-28-20-8-6-5-7-19(20)22(26)24-23-21(25)17-9-11-18(12-10-17)29-15-16(2)3/h5-12,16H,4,13-15H2,1-3H3,(H,23,25)(H,24,26). The number of benzene rings is 2. The van der Waals surface area contributed by atoms with Gasteiger partial charge in [-0.3, -0.25) is 20.4 Å². The first-order chi connectivity index (χ1) is 14.0. The van der Waals surface area contributed by atoms with Crippen LogP contribution in [0.2, 0.25) is 0 Å². The van der Waals surface area contributed by atoms with Crippen LogP contribution < -0.4 is 20.3 Å². The Hall–Kier alpha value is -3.06. The van der Waals surface area contributed by atoms with E-state index in [0.29, 0.717) is 55.0 Å². The predicted octanol–water partition coefficient (Wildman–Crippen LogP) is 3.21. The Balaban J connectivity index is 1.89. The lowest BCUT2D eigenvalue weighted by molar-refractivity contribution is 0.0840. The fourth-order valence-electron chi connectivity index (χ4n) is 2.35. The third-order valence-corrected chi connectivity index (χ3v) is 3.81. The largest absolute Gasteiger partial charge is 0.493 e. The maximum atomic E-state index is 12.4. The van der Waals surface area contributed by atoms with Gasteiger partial charge in [0.1, 0.15) is 18.1 Å². The van der Waals surface area contributed by atoms with E-state index in [4.69, 9.17) is 14.2 Å². The molecule has 2 N–H and O–H groups in total. The highest BCUT2D eigenvalue weighted by Crippen LogP contribution is 2.17. The van der Waals surface area contributed by atoms with Crippen LogP contribution in [0.15, 0.2) is 48.5 Å². The molecule has 2 aromatic carbocycles. The molecule has 0 spiro atoms. The molecule has 7 heteroatoms. The van der Waals surface area contributed by atoms with Crippen LogP contribution in [0, 0.1) is 5.92 Å². The maximum absolute atomic E-state index is 12.4. The van der Waals surface area contributed by atoms with E-state index < -0.39 is 11.8 Å². The molecule has 0 saturated heterocycles. The number of ether oxygens (including phenoxy) is 3. The Bertz CT molecular complexity index is 790. The van der Waals surface area contributed by atoms with Crippen LogP contribution >= 0.6 is 0 Å². The van der Waals surface area contributed by atoms with Gasteiger partial charge in [-0.2, -0.15) is 0 Å². The lowest BCUT2D eigenvalue weighted by Crippen LogP contribution is -2.41. The molecule has 0 fully saturated rings. The second-order valence-corrected chi connectivity index (χ2v) is 6.68. The molecule has 0 aliphatic rings. The van der Waals surface area contributed by atoms with Crippen molar-refractivity contribution in [2.24, 2.45) is 5.92 Å². The molecule has 0 bridgehead atoms. The van der Waals surface area contributed by atoms with Crippen molar-refractivity contribution in [3.8, 4) is 11.5 Å². The van der Waals surface area contributed by atoms with Crippen LogP contribution in [-0.4, -0.2) is 38.2 Å². The summed E-state index contributed by atoms with van der Waals surface area (Å²) >= 11 is 0. The molecular formula is C22H28N2O5. The van der Waals surface area contributed by atoms with Crippen molar-refractivity contribution in [3.63, 3.8) is 0 Å². The summed E-state index contributed by atoms with van der Waals surface area (Å²) in [6, 6.07) is 13.5. The molecule has 0 atom stereocenters. The highest BCUT2D eigenvalue weighted by atomic mass is 16.5. The van der Waals surface area contributed by atoms with Gasteiger partial charge in [-0.15, -0.1) is 0 Å². The smallest absolute Gasteiger partial charge is 0.273 e. The van der Waals surface area contributed by atoms with E-state index in [2.05, 4.69) is 24.7 Å². The van der Waals surface area contributed by atoms with Crippen LogP contribution in [-0.2, 0) is 4.74 Å². The summed E-state index contributed by atoms with van der Waals surface area (Å²) in [7, 11) is 0. The van der Waals surface area contributed by atoms with Gasteiger partial charge < -0.3 is 14.2 Å². The van der Waals surface area contributed by atoms with Crippen molar-refractivity contribution in [2.75, 3.05) is 26.4 Å². The van der Waals surface area contributed by atoms with E-state index in [1.807, 2.05) is 6.92 Å². The van der Waals surface area contributed by atoms with Crippen molar-refractivity contribution in [1.82, 2.24) is 10.9 Å². The number of rotatable bonds is 10. The molecule has 0 radical (unpaired) electrons. The van der Waals surface area contributed by atoms with Crippen molar-refractivity contribution >= 4 is 11.8 Å². The molecule has 0 aliphatic heterocycles. The minimum atomic E-state index is -0.470. The Kier molecular flexibility index (Phi) is 8.98. The number of amides is 2. The number of carbonyl (C=O) groups is 2. The lowest BCUT2D eigenvalue weighted by Gasteiger charge is -2.12. The first kappa shape index (κ1) is 22.2. The molecule has 0 saturated carbocycles. The third kappa shape index (κ3) is 7.46. The molecule has 7 nitrogen and oxygen atoms in total. The summed E-state index contributed by atoms with van der Waals surface area (Å²) in [5, 5.41) is 0. The van der Waals surface area contributed by atoms with Crippen molar-refractivity contribution in [3.05, 3.63) is 59.7 Å². The summed E-state index contributed by atoms with van der Waals surface area (Å²) < 4.78 is 16.4. The highest BCUT2D eigenvalue weighted by Gasteiger charge is 2.14.